The van der Waals surface area contributed by atoms with Crippen LogP contribution in [-0.2, 0) is 11.3 Å². The predicted molar refractivity (Wildman–Crippen MR) is 118 cm³/mol. The van der Waals surface area contributed by atoms with Crippen molar-refractivity contribution in [2.75, 3.05) is 39.8 Å². The zero-order chi connectivity index (χ0) is 19.9. The summed E-state index contributed by atoms with van der Waals surface area (Å²) in [5.41, 5.74) is 1.09. The highest BCUT2D eigenvalue weighted by atomic mass is 32.1. The first kappa shape index (κ1) is 21.2. The number of thiophene rings is 1. The average Bonchev–Trinajstić information content (AvgIpc) is 3.33. The van der Waals surface area contributed by atoms with Crippen LogP contribution < -0.4 is 5.32 Å². The second-order valence-corrected chi connectivity index (χ2v) is 9.16. The molecule has 28 heavy (non-hydrogen) atoms. The van der Waals surface area contributed by atoms with Gasteiger partial charge in [-0.3, -0.25) is 9.89 Å². The van der Waals surface area contributed by atoms with Crippen LogP contribution in [0.2, 0.25) is 0 Å². The summed E-state index contributed by atoms with van der Waals surface area (Å²) in [7, 11) is 2.08. The van der Waals surface area contributed by atoms with E-state index in [0.29, 0.717) is 0 Å². The Morgan fingerprint density at radius 1 is 1.50 bits per heavy atom. The number of aryl methyl sites for hydroxylation is 1. The highest BCUT2D eigenvalue weighted by molar-refractivity contribution is 7.10. The third-order valence-electron chi connectivity index (χ3n) is 4.76. The Labute approximate surface area is 176 Å². The molecule has 1 aliphatic rings. The van der Waals surface area contributed by atoms with Gasteiger partial charge in [0, 0.05) is 36.9 Å². The Balaban J connectivity index is 1.73. The minimum atomic E-state index is 0.268. The zero-order valence-electron chi connectivity index (χ0n) is 17.2. The van der Waals surface area contributed by atoms with E-state index in [1.54, 1.807) is 11.3 Å². The van der Waals surface area contributed by atoms with Crippen LogP contribution in [-0.4, -0.2) is 66.7 Å². The van der Waals surface area contributed by atoms with Gasteiger partial charge in [-0.2, -0.15) is 0 Å². The Kier molecular flexibility index (Phi) is 7.84. The van der Waals surface area contributed by atoms with E-state index >= 15 is 0 Å². The lowest BCUT2D eigenvalue weighted by molar-refractivity contribution is -0.0327. The molecule has 0 amide bonds. The van der Waals surface area contributed by atoms with Crippen molar-refractivity contribution in [2.45, 2.75) is 39.5 Å². The monoisotopic (exact) mass is 421 g/mol. The standard InChI is InChI=1S/C20H31N5OS2/c1-5-21-20(24(4)13-17-14-28-16(3)23-17)22-11-18(19-7-6-10-27-19)25-8-9-26-15(2)12-25/h6-7,10,14-15,18H,5,8-9,11-13H2,1-4H3,(H,21,22). The van der Waals surface area contributed by atoms with E-state index in [1.807, 2.05) is 18.3 Å². The normalized spacial score (nSPS) is 19.6. The van der Waals surface area contributed by atoms with Crippen molar-refractivity contribution >= 4 is 28.6 Å². The smallest absolute Gasteiger partial charge is 0.194 e. The van der Waals surface area contributed by atoms with Crippen LogP contribution in [0.15, 0.2) is 27.9 Å². The molecule has 2 aromatic heterocycles. The number of thiazole rings is 1. The van der Waals surface area contributed by atoms with Crippen molar-refractivity contribution < 1.29 is 4.74 Å². The molecule has 0 saturated carbocycles. The molecule has 0 bridgehead atoms. The van der Waals surface area contributed by atoms with E-state index < -0.39 is 0 Å². The molecular formula is C20H31N5OS2. The Morgan fingerprint density at radius 2 is 2.36 bits per heavy atom. The molecule has 0 aliphatic carbocycles. The maximum absolute atomic E-state index is 5.75. The number of ether oxygens (including phenoxy) is 1. The molecule has 2 atom stereocenters. The number of nitrogens with one attached hydrogen (secondary N) is 1. The summed E-state index contributed by atoms with van der Waals surface area (Å²) in [6.07, 6.45) is 0.268. The number of rotatable bonds is 7. The Hall–Kier alpha value is -1.48. The molecule has 6 nitrogen and oxygen atoms in total. The minimum absolute atomic E-state index is 0.268. The zero-order valence-corrected chi connectivity index (χ0v) is 18.9. The summed E-state index contributed by atoms with van der Waals surface area (Å²) in [6, 6.07) is 4.64. The lowest BCUT2D eigenvalue weighted by Gasteiger charge is -2.36. The largest absolute Gasteiger partial charge is 0.376 e. The van der Waals surface area contributed by atoms with Gasteiger partial charge in [0.15, 0.2) is 5.96 Å². The number of hydrogen-bond acceptors (Lipinski definition) is 6. The van der Waals surface area contributed by atoms with E-state index in [9.17, 15) is 0 Å². The van der Waals surface area contributed by atoms with Gasteiger partial charge in [0.2, 0.25) is 0 Å². The third kappa shape index (κ3) is 5.76. The fourth-order valence-electron chi connectivity index (χ4n) is 3.44. The van der Waals surface area contributed by atoms with Crippen molar-refractivity contribution in [3.05, 3.63) is 38.5 Å². The van der Waals surface area contributed by atoms with Gasteiger partial charge in [-0.05, 0) is 32.2 Å². The summed E-state index contributed by atoms with van der Waals surface area (Å²) < 4.78 is 5.75. The first-order valence-corrected chi connectivity index (χ1v) is 11.6. The van der Waals surface area contributed by atoms with E-state index in [-0.39, 0.29) is 12.1 Å². The van der Waals surface area contributed by atoms with Gasteiger partial charge >= 0.3 is 0 Å². The van der Waals surface area contributed by atoms with E-state index in [1.165, 1.54) is 4.88 Å². The number of guanidine groups is 1. The Bertz CT molecular complexity index is 746. The van der Waals surface area contributed by atoms with Crippen molar-refractivity contribution in [1.29, 1.82) is 0 Å². The topological polar surface area (TPSA) is 53.0 Å². The predicted octanol–water partition coefficient (Wildman–Crippen LogP) is 3.37. The molecule has 1 N–H and O–H groups in total. The van der Waals surface area contributed by atoms with Crippen LogP contribution in [0.25, 0.3) is 0 Å². The molecule has 2 unspecified atom stereocenters. The van der Waals surface area contributed by atoms with Crippen LogP contribution in [0.4, 0.5) is 0 Å². The van der Waals surface area contributed by atoms with Crippen LogP contribution >= 0.6 is 22.7 Å². The molecule has 1 aliphatic heterocycles. The molecule has 154 valence electrons. The maximum Gasteiger partial charge on any atom is 0.194 e. The molecule has 1 fully saturated rings. The van der Waals surface area contributed by atoms with Gasteiger partial charge in [0.1, 0.15) is 0 Å². The maximum atomic E-state index is 5.75. The van der Waals surface area contributed by atoms with Gasteiger partial charge in [-0.15, -0.1) is 22.7 Å². The van der Waals surface area contributed by atoms with Crippen molar-refractivity contribution in [2.24, 2.45) is 4.99 Å². The van der Waals surface area contributed by atoms with Crippen LogP contribution in [0, 0.1) is 6.92 Å². The van der Waals surface area contributed by atoms with E-state index in [0.717, 1.165) is 56.0 Å². The number of aliphatic imine (C=N–C) groups is 1. The number of nitrogens with zero attached hydrogens (tertiary/aromatic N) is 4. The van der Waals surface area contributed by atoms with Crippen LogP contribution in [0.3, 0.4) is 0 Å². The quantitative estimate of drug-likeness (QED) is 0.549. The number of aromatic nitrogens is 1. The third-order valence-corrected chi connectivity index (χ3v) is 6.56. The Morgan fingerprint density at radius 3 is 3.00 bits per heavy atom. The molecule has 0 radical (unpaired) electrons. The van der Waals surface area contributed by atoms with Gasteiger partial charge in [0.25, 0.3) is 0 Å². The molecule has 0 aromatic carbocycles. The highest BCUT2D eigenvalue weighted by Gasteiger charge is 2.26. The first-order chi connectivity index (χ1) is 13.6. The first-order valence-electron chi connectivity index (χ1n) is 9.86. The average molecular weight is 422 g/mol. The molecular weight excluding hydrogens is 390 g/mol. The fraction of sp³-hybridized carbons (Fsp3) is 0.600. The molecule has 1 saturated heterocycles. The van der Waals surface area contributed by atoms with Crippen LogP contribution in [0.1, 0.15) is 35.5 Å². The lowest BCUT2D eigenvalue weighted by Crippen LogP contribution is -2.44. The van der Waals surface area contributed by atoms with E-state index in [2.05, 4.69) is 63.9 Å². The van der Waals surface area contributed by atoms with Gasteiger partial charge in [-0.25, -0.2) is 4.98 Å². The number of morpholine rings is 1. The SMILES string of the molecule is CCNC(=NCC(c1cccs1)N1CCOC(C)C1)N(C)Cc1csc(C)n1. The number of hydrogen-bond donors (Lipinski definition) is 1. The summed E-state index contributed by atoms with van der Waals surface area (Å²) in [4.78, 5) is 15.6. The summed E-state index contributed by atoms with van der Waals surface area (Å²) >= 11 is 3.50. The van der Waals surface area contributed by atoms with E-state index in [4.69, 9.17) is 9.73 Å². The fourth-order valence-corrected chi connectivity index (χ4v) is 4.89. The second kappa shape index (κ2) is 10.3. The summed E-state index contributed by atoms with van der Waals surface area (Å²) in [5, 5.41) is 8.81. The second-order valence-electron chi connectivity index (χ2n) is 7.12. The van der Waals surface area contributed by atoms with Gasteiger partial charge < -0.3 is 15.0 Å². The highest BCUT2D eigenvalue weighted by Crippen LogP contribution is 2.27. The van der Waals surface area contributed by atoms with Gasteiger partial charge in [0.05, 0.1) is 42.5 Å². The minimum Gasteiger partial charge on any atom is -0.376 e. The van der Waals surface area contributed by atoms with Crippen LogP contribution in [0.5, 0.6) is 0 Å². The molecule has 2 aromatic rings. The summed E-state index contributed by atoms with van der Waals surface area (Å²) in [6.45, 7) is 11.3. The molecule has 8 heteroatoms. The van der Waals surface area contributed by atoms with Gasteiger partial charge in [-0.1, -0.05) is 6.07 Å². The van der Waals surface area contributed by atoms with Crippen molar-refractivity contribution in [3.63, 3.8) is 0 Å². The van der Waals surface area contributed by atoms with Crippen molar-refractivity contribution in [3.8, 4) is 0 Å². The summed E-state index contributed by atoms with van der Waals surface area (Å²) in [5.74, 6) is 0.927. The molecule has 0 spiro atoms. The van der Waals surface area contributed by atoms with Crippen molar-refractivity contribution in [1.82, 2.24) is 20.1 Å². The lowest BCUT2D eigenvalue weighted by atomic mass is 10.1. The molecule has 3 rings (SSSR count). The molecule has 3 heterocycles.